The van der Waals surface area contributed by atoms with Crippen LogP contribution in [0.2, 0.25) is 0 Å². The zero-order valence-electron chi connectivity index (χ0n) is 10.3. The van der Waals surface area contributed by atoms with Gasteiger partial charge >= 0.3 is 0 Å². The molecule has 2 unspecified atom stereocenters. The van der Waals surface area contributed by atoms with Crippen molar-refractivity contribution in [3.63, 3.8) is 0 Å². The van der Waals surface area contributed by atoms with Crippen LogP contribution in [0, 0.1) is 17.6 Å². The van der Waals surface area contributed by atoms with Crippen molar-refractivity contribution < 1.29 is 18.3 Å². The van der Waals surface area contributed by atoms with Gasteiger partial charge in [0.2, 0.25) is 0 Å². The average Bonchev–Trinajstić information content (AvgIpc) is 2.83. The Hall–Kier alpha value is -1.29. The maximum atomic E-state index is 13.5. The second kappa shape index (κ2) is 5.57. The first kappa shape index (κ1) is 13.1. The molecule has 0 radical (unpaired) electrons. The lowest BCUT2D eigenvalue weighted by Gasteiger charge is -2.15. The van der Waals surface area contributed by atoms with Gasteiger partial charge in [-0.2, -0.15) is 0 Å². The maximum Gasteiger partial charge on any atom is 0.162 e. The highest BCUT2D eigenvalue weighted by atomic mass is 19.2. The standard InChI is InChI=1S/C14H16F2O2/c1-2-13-10(6-7-18-13)12(17)8-9-4-3-5-11(15)14(9)16/h3-5,10,13H,2,6-8H2,1H3. The minimum atomic E-state index is -0.919. The van der Waals surface area contributed by atoms with Gasteiger partial charge in [0.15, 0.2) is 11.6 Å². The molecule has 1 saturated heterocycles. The second-order valence-electron chi connectivity index (χ2n) is 4.57. The third-order valence-corrected chi connectivity index (χ3v) is 3.42. The monoisotopic (exact) mass is 254 g/mol. The minimum Gasteiger partial charge on any atom is -0.377 e. The van der Waals surface area contributed by atoms with Gasteiger partial charge in [0.1, 0.15) is 5.78 Å². The number of ether oxygens (including phenoxy) is 1. The largest absolute Gasteiger partial charge is 0.377 e. The topological polar surface area (TPSA) is 26.3 Å². The van der Waals surface area contributed by atoms with Gasteiger partial charge in [-0.15, -0.1) is 0 Å². The number of carbonyl (C=O) groups excluding carboxylic acids is 1. The fourth-order valence-electron chi connectivity index (χ4n) is 2.42. The van der Waals surface area contributed by atoms with Crippen molar-refractivity contribution in [2.45, 2.75) is 32.3 Å². The van der Waals surface area contributed by atoms with E-state index in [-0.39, 0.29) is 29.8 Å². The summed E-state index contributed by atoms with van der Waals surface area (Å²) in [5.41, 5.74) is 0.127. The Morgan fingerprint density at radius 3 is 2.94 bits per heavy atom. The van der Waals surface area contributed by atoms with Crippen molar-refractivity contribution in [1.29, 1.82) is 0 Å². The SMILES string of the molecule is CCC1OCCC1C(=O)Cc1cccc(F)c1F. The molecule has 18 heavy (non-hydrogen) atoms. The van der Waals surface area contributed by atoms with Crippen LogP contribution >= 0.6 is 0 Å². The van der Waals surface area contributed by atoms with Crippen molar-refractivity contribution in [1.82, 2.24) is 0 Å². The summed E-state index contributed by atoms with van der Waals surface area (Å²) in [5, 5.41) is 0. The normalized spacial score (nSPS) is 23.3. The summed E-state index contributed by atoms with van der Waals surface area (Å²) >= 11 is 0. The predicted octanol–water partition coefficient (Wildman–Crippen LogP) is 2.89. The lowest BCUT2D eigenvalue weighted by atomic mass is 9.91. The molecule has 98 valence electrons. The van der Waals surface area contributed by atoms with E-state index in [1.807, 2.05) is 6.92 Å². The van der Waals surface area contributed by atoms with Gasteiger partial charge in [-0.3, -0.25) is 4.79 Å². The van der Waals surface area contributed by atoms with Gasteiger partial charge in [-0.25, -0.2) is 8.78 Å². The molecule has 1 aliphatic heterocycles. The third-order valence-electron chi connectivity index (χ3n) is 3.42. The van der Waals surface area contributed by atoms with Crippen molar-refractivity contribution in [2.75, 3.05) is 6.61 Å². The Morgan fingerprint density at radius 1 is 1.44 bits per heavy atom. The number of benzene rings is 1. The molecule has 1 heterocycles. The smallest absolute Gasteiger partial charge is 0.162 e. The molecule has 0 aliphatic carbocycles. The minimum absolute atomic E-state index is 0.0614. The van der Waals surface area contributed by atoms with Crippen LogP contribution in [-0.2, 0) is 16.0 Å². The van der Waals surface area contributed by atoms with Crippen LogP contribution in [0.15, 0.2) is 18.2 Å². The van der Waals surface area contributed by atoms with Crippen molar-refractivity contribution in [2.24, 2.45) is 5.92 Å². The molecule has 0 aromatic heterocycles. The van der Waals surface area contributed by atoms with Gasteiger partial charge in [0.25, 0.3) is 0 Å². The number of rotatable bonds is 4. The van der Waals surface area contributed by atoms with E-state index in [1.54, 1.807) is 0 Å². The highest BCUT2D eigenvalue weighted by Gasteiger charge is 2.32. The number of hydrogen-bond acceptors (Lipinski definition) is 2. The number of carbonyl (C=O) groups is 1. The average molecular weight is 254 g/mol. The van der Waals surface area contributed by atoms with Crippen LogP contribution < -0.4 is 0 Å². The first-order chi connectivity index (χ1) is 8.63. The summed E-state index contributed by atoms with van der Waals surface area (Å²) in [6.45, 7) is 2.53. The summed E-state index contributed by atoms with van der Waals surface area (Å²) in [7, 11) is 0. The molecular weight excluding hydrogens is 238 g/mol. The summed E-state index contributed by atoms with van der Waals surface area (Å²) < 4.78 is 31.9. The van der Waals surface area contributed by atoms with E-state index in [4.69, 9.17) is 4.74 Å². The summed E-state index contributed by atoms with van der Waals surface area (Å²) in [6, 6.07) is 3.92. The van der Waals surface area contributed by atoms with E-state index in [2.05, 4.69) is 0 Å². The molecule has 1 aromatic rings. The van der Waals surface area contributed by atoms with Crippen molar-refractivity contribution in [3.05, 3.63) is 35.4 Å². The highest BCUT2D eigenvalue weighted by molar-refractivity contribution is 5.84. The first-order valence-electron chi connectivity index (χ1n) is 6.20. The molecule has 0 saturated carbocycles. The summed E-state index contributed by atoms with van der Waals surface area (Å²) in [6.07, 6.45) is 1.30. The molecule has 2 rings (SSSR count). The van der Waals surface area contributed by atoms with E-state index in [0.717, 1.165) is 12.5 Å². The third kappa shape index (κ3) is 2.58. The molecule has 0 N–H and O–H groups in total. The molecule has 2 nitrogen and oxygen atoms in total. The van der Waals surface area contributed by atoms with Crippen molar-refractivity contribution >= 4 is 5.78 Å². The Labute approximate surface area is 105 Å². The van der Waals surface area contributed by atoms with Crippen LogP contribution in [0.3, 0.4) is 0 Å². The van der Waals surface area contributed by atoms with Gasteiger partial charge < -0.3 is 4.74 Å². The Morgan fingerprint density at radius 2 is 2.22 bits per heavy atom. The van der Waals surface area contributed by atoms with Crippen LogP contribution in [0.25, 0.3) is 0 Å². The van der Waals surface area contributed by atoms with E-state index in [9.17, 15) is 13.6 Å². The first-order valence-corrected chi connectivity index (χ1v) is 6.20. The molecular formula is C14H16F2O2. The molecule has 1 aromatic carbocycles. The molecule has 0 spiro atoms. The second-order valence-corrected chi connectivity index (χ2v) is 4.57. The number of halogens is 2. The van der Waals surface area contributed by atoms with Gasteiger partial charge in [0.05, 0.1) is 6.10 Å². The van der Waals surface area contributed by atoms with Crippen LogP contribution in [0.1, 0.15) is 25.3 Å². The molecule has 1 aliphatic rings. The van der Waals surface area contributed by atoms with Crippen LogP contribution in [0.4, 0.5) is 8.78 Å². The fourth-order valence-corrected chi connectivity index (χ4v) is 2.42. The molecule has 1 fully saturated rings. The highest BCUT2D eigenvalue weighted by Crippen LogP contribution is 2.26. The van der Waals surface area contributed by atoms with E-state index < -0.39 is 11.6 Å². The lowest BCUT2D eigenvalue weighted by molar-refractivity contribution is -0.123. The molecule has 2 atom stereocenters. The molecule has 4 heteroatoms. The van der Waals surface area contributed by atoms with Crippen LogP contribution in [-0.4, -0.2) is 18.5 Å². The summed E-state index contributed by atoms with van der Waals surface area (Å²) in [4.78, 5) is 12.1. The van der Waals surface area contributed by atoms with Crippen molar-refractivity contribution in [3.8, 4) is 0 Å². The van der Waals surface area contributed by atoms with E-state index >= 15 is 0 Å². The molecule has 0 amide bonds. The number of hydrogen-bond donors (Lipinski definition) is 0. The number of ketones is 1. The van der Waals surface area contributed by atoms with Crippen LogP contribution in [0.5, 0.6) is 0 Å². The zero-order chi connectivity index (χ0) is 13.1. The summed E-state index contributed by atoms with van der Waals surface area (Å²) in [5.74, 6) is -2.07. The Bertz CT molecular complexity index is 445. The molecule has 0 bridgehead atoms. The van der Waals surface area contributed by atoms with E-state index in [0.29, 0.717) is 13.0 Å². The Kier molecular flexibility index (Phi) is 4.07. The predicted molar refractivity (Wildman–Crippen MR) is 63.2 cm³/mol. The van der Waals surface area contributed by atoms with Gasteiger partial charge in [-0.05, 0) is 24.5 Å². The lowest BCUT2D eigenvalue weighted by Crippen LogP contribution is -2.25. The maximum absolute atomic E-state index is 13.5. The quantitative estimate of drug-likeness (QED) is 0.825. The Balaban J connectivity index is 2.09. The fraction of sp³-hybridized carbons (Fsp3) is 0.500. The number of Topliss-reactive ketones (excluding diaryl/α,β-unsaturated/α-hetero) is 1. The zero-order valence-corrected chi connectivity index (χ0v) is 10.3. The van der Waals surface area contributed by atoms with Gasteiger partial charge in [0, 0.05) is 18.9 Å². The van der Waals surface area contributed by atoms with E-state index in [1.165, 1.54) is 12.1 Å². The van der Waals surface area contributed by atoms with Gasteiger partial charge in [-0.1, -0.05) is 19.1 Å².